The zero-order valence-corrected chi connectivity index (χ0v) is 9.99. The van der Waals surface area contributed by atoms with Crippen molar-refractivity contribution in [3.63, 3.8) is 0 Å². The van der Waals surface area contributed by atoms with E-state index in [0.717, 1.165) is 18.8 Å². The van der Waals surface area contributed by atoms with Crippen molar-refractivity contribution in [3.8, 4) is 0 Å². The van der Waals surface area contributed by atoms with Gasteiger partial charge in [-0.1, -0.05) is 6.92 Å². The summed E-state index contributed by atoms with van der Waals surface area (Å²) in [6.07, 6.45) is 4.25. The van der Waals surface area contributed by atoms with E-state index in [1.165, 1.54) is 0 Å². The first kappa shape index (κ1) is 12.7. The number of aromatic nitrogens is 2. The van der Waals surface area contributed by atoms with Crippen molar-refractivity contribution in [2.45, 2.75) is 33.4 Å². The number of hydrogen-bond donors (Lipinski definition) is 2. The van der Waals surface area contributed by atoms with Crippen molar-refractivity contribution in [1.82, 2.24) is 20.2 Å². The van der Waals surface area contributed by atoms with E-state index < -0.39 is 0 Å². The molecule has 1 heterocycles. The summed E-state index contributed by atoms with van der Waals surface area (Å²) in [7, 11) is 0. The first-order chi connectivity index (χ1) is 7.76. The molecule has 0 saturated carbocycles. The number of hydrogen-bond acceptors (Lipinski definition) is 3. The Morgan fingerprint density at radius 3 is 2.94 bits per heavy atom. The standard InChI is InChI=1S/C11H20N4O/c1-3-12-7-10-8-15(9-14-10)6-5-11(16)13-4-2/h8-9,12H,3-7H2,1-2H3,(H,13,16). The second-order valence-corrected chi connectivity index (χ2v) is 3.59. The summed E-state index contributed by atoms with van der Waals surface area (Å²) in [4.78, 5) is 15.5. The molecule has 1 aromatic heterocycles. The SMILES string of the molecule is CCNCc1cn(CCC(=O)NCC)cn1. The van der Waals surface area contributed by atoms with Gasteiger partial charge in [0.05, 0.1) is 12.0 Å². The Bertz CT molecular complexity index is 322. The maximum atomic E-state index is 11.2. The van der Waals surface area contributed by atoms with E-state index in [4.69, 9.17) is 0 Å². The van der Waals surface area contributed by atoms with Crippen LogP contribution in [0.5, 0.6) is 0 Å². The van der Waals surface area contributed by atoms with Crippen LogP contribution in [0.4, 0.5) is 0 Å². The van der Waals surface area contributed by atoms with Crippen molar-refractivity contribution in [2.75, 3.05) is 13.1 Å². The highest BCUT2D eigenvalue weighted by Crippen LogP contribution is 1.97. The summed E-state index contributed by atoms with van der Waals surface area (Å²) >= 11 is 0. The molecule has 0 fully saturated rings. The second-order valence-electron chi connectivity index (χ2n) is 3.59. The lowest BCUT2D eigenvalue weighted by Crippen LogP contribution is -2.23. The highest BCUT2D eigenvalue weighted by Gasteiger charge is 2.01. The average molecular weight is 224 g/mol. The smallest absolute Gasteiger partial charge is 0.221 e. The normalized spacial score (nSPS) is 10.4. The van der Waals surface area contributed by atoms with Crippen LogP contribution < -0.4 is 10.6 Å². The summed E-state index contributed by atoms with van der Waals surface area (Å²) in [5.41, 5.74) is 1.01. The minimum absolute atomic E-state index is 0.0874. The van der Waals surface area contributed by atoms with Gasteiger partial charge in [0, 0.05) is 32.3 Å². The fourth-order valence-corrected chi connectivity index (χ4v) is 1.39. The zero-order chi connectivity index (χ0) is 11.8. The molecule has 1 amide bonds. The number of nitrogens with zero attached hydrogens (tertiary/aromatic N) is 2. The van der Waals surface area contributed by atoms with Crippen LogP contribution in [0, 0.1) is 0 Å². The third kappa shape index (κ3) is 4.44. The van der Waals surface area contributed by atoms with Gasteiger partial charge in [-0.15, -0.1) is 0 Å². The molecule has 0 spiro atoms. The highest BCUT2D eigenvalue weighted by atomic mass is 16.1. The fourth-order valence-electron chi connectivity index (χ4n) is 1.39. The quantitative estimate of drug-likeness (QED) is 0.710. The van der Waals surface area contributed by atoms with E-state index in [9.17, 15) is 4.79 Å². The molecule has 5 heteroatoms. The fraction of sp³-hybridized carbons (Fsp3) is 0.636. The summed E-state index contributed by atoms with van der Waals surface area (Å²) in [5, 5.41) is 5.98. The van der Waals surface area contributed by atoms with Gasteiger partial charge in [0.1, 0.15) is 0 Å². The van der Waals surface area contributed by atoms with Gasteiger partial charge in [0.25, 0.3) is 0 Å². The van der Waals surface area contributed by atoms with Crippen LogP contribution in [0.3, 0.4) is 0 Å². The number of aryl methyl sites for hydroxylation is 1. The van der Waals surface area contributed by atoms with Gasteiger partial charge < -0.3 is 15.2 Å². The Morgan fingerprint density at radius 2 is 2.25 bits per heavy atom. The van der Waals surface area contributed by atoms with Gasteiger partial charge in [-0.2, -0.15) is 0 Å². The van der Waals surface area contributed by atoms with E-state index in [1.807, 2.05) is 17.7 Å². The van der Waals surface area contributed by atoms with Gasteiger partial charge in [-0.3, -0.25) is 4.79 Å². The van der Waals surface area contributed by atoms with Crippen molar-refractivity contribution in [3.05, 3.63) is 18.2 Å². The number of rotatable bonds is 7. The molecule has 0 bridgehead atoms. The molecule has 0 radical (unpaired) electrons. The number of amides is 1. The van der Waals surface area contributed by atoms with E-state index in [0.29, 0.717) is 19.5 Å². The molecule has 1 aromatic rings. The lowest BCUT2D eigenvalue weighted by atomic mass is 10.4. The monoisotopic (exact) mass is 224 g/mol. The molecule has 0 aliphatic rings. The molecule has 16 heavy (non-hydrogen) atoms. The topological polar surface area (TPSA) is 59.0 Å². The minimum atomic E-state index is 0.0874. The maximum absolute atomic E-state index is 11.2. The molecule has 0 saturated heterocycles. The van der Waals surface area contributed by atoms with E-state index >= 15 is 0 Å². The molecule has 5 nitrogen and oxygen atoms in total. The Hall–Kier alpha value is -1.36. The van der Waals surface area contributed by atoms with Gasteiger partial charge >= 0.3 is 0 Å². The molecule has 2 N–H and O–H groups in total. The molecule has 1 rings (SSSR count). The first-order valence-corrected chi connectivity index (χ1v) is 5.74. The van der Waals surface area contributed by atoms with Gasteiger partial charge in [-0.25, -0.2) is 4.98 Å². The van der Waals surface area contributed by atoms with Crippen LogP contribution in [0.1, 0.15) is 26.0 Å². The Morgan fingerprint density at radius 1 is 1.44 bits per heavy atom. The van der Waals surface area contributed by atoms with Gasteiger partial charge in [0.15, 0.2) is 0 Å². The van der Waals surface area contributed by atoms with Gasteiger partial charge in [0.2, 0.25) is 5.91 Å². The van der Waals surface area contributed by atoms with Crippen molar-refractivity contribution < 1.29 is 4.79 Å². The van der Waals surface area contributed by atoms with Crippen LogP contribution in [-0.2, 0) is 17.9 Å². The number of carbonyl (C=O) groups excluding carboxylic acids is 1. The Balaban J connectivity index is 2.31. The molecule has 0 aliphatic heterocycles. The van der Waals surface area contributed by atoms with Crippen LogP contribution in [0.15, 0.2) is 12.5 Å². The summed E-state index contributed by atoms with van der Waals surface area (Å²) in [6, 6.07) is 0. The lowest BCUT2D eigenvalue weighted by Gasteiger charge is -2.02. The van der Waals surface area contributed by atoms with Crippen LogP contribution in [0.2, 0.25) is 0 Å². The zero-order valence-electron chi connectivity index (χ0n) is 9.99. The molecular weight excluding hydrogens is 204 g/mol. The maximum Gasteiger partial charge on any atom is 0.221 e. The molecule has 90 valence electrons. The van der Waals surface area contributed by atoms with Crippen molar-refractivity contribution in [1.29, 1.82) is 0 Å². The van der Waals surface area contributed by atoms with E-state index in [1.54, 1.807) is 6.33 Å². The van der Waals surface area contributed by atoms with Crippen LogP contribution in [0.25, 0.3) is 0 Å². The summed E-state index contributed by atoms with van der Waals surface area (Å²) in [5.74, 6) is 0.0874. The number of nitrogens with one attached hydrogen (secondary N) is 2. The van der Waals surface area contributed by atoms with E-state index in [-0.39, 0.29) is 5.91 Å². The third-order valence-corrected chi connectivity index (χ3v) is 2.21. The molecule has 0 aliphatic carbocycles. The predicted octanol–water partition coefficient (Wildman–Crippen LogP) is 0.519. The van der Waals surface area contributed by atoms with E-state index in [2.05, 4.69) is 22.5 Å². The third-order valence-electron chi connectivity index (χ3n) is 2.21. The van der Waals surface area contributed by atoms with Crippen LogP contribution in [-0.4, -0.2) is 28.5 Å². The summed E-state index contributed by atoms with van der Waals surface area (Å²) < 4.78 is 1.95. The first-order valence-electron chi connectivity index (χ1n) is 5.74. The lowest BCUT2D eigenvalue weighted by molar-refractivity contribution is -0.121. The highest BCUT2D eigenvalue weighted by molar-refractivity contribution is 5.75. The molecule has 0 unspecified atom stereocenters. The largest absolute Gasteiger partial charge is 0.356 e. The molecular formula is C11H20N4O. The van der Waals surface area contributed by atoms with Crippen LogP contribution >= 0.6 is 0 Å². The number of imidazole rings is 1. The minimum Gasteiger partial charge on any atom is -0.356 e. The average Bonchev–Trinajstić information content (AvgIpc) is 2.72. The second kappa shape index (κ2) is 7.00. The Kier molecular flexibility index (Phi) is 5.56. The van der Waals surface area contributed by atoms with Crippen molar-refractivity contribution in [2.24, 2.45) is 0 Å². The van der Waals surface area contributed by atoms with Crippen molar-refractivity contribution >= 4 is 5.91 Å². The predicted molar refractivity (Wildman–Crippen MR) is 62.9 cm³/mol. The van der Waals surface area contributed by atoms with Gasteiger partial charge in [-0.05, 0) is 13.5 Å². The number of carbonyl (C=O) groups is 1. The summed E-state index contributed by atoms with van der Waals surface area (Å²) in [6.45, 7) is 7.07. The molecule has 0 atom stereocenters. The Labute approximate surface area is 96.3 Å². The molecule has 0 aromatic carbocycles.